The van der Waals surface area contributed by atoms with Gasteiger partial charge in [-0.2, -0.15) is 0 Å². The molecule has 0 bridgehead atoms. The quantitative estimate of drug-likeness (QED) is 0.644. The van der Waals surface area contributed by atoms with E-state index < -0.39 is 5.41 Å². The molecule has 5 rings (SSSR count). The lowest BCUT2D eigenvalue weighted by atomic mass is 10.00. The second kappa shape index (κ2) is 6.60. The van der Waals surface area contributed by atoms with Gasteiger partial charge in [0.25, 0.3) is 0 Å². The fraction of sp³-hybridized carbons (Fsp3) is 0.238. The van der Waals surface area contributed by atoms with Crippen molar-refractivity contribution in [2.45, 2.75) is 23.2 Å². The molecule has 1 N–H and O–H groups in total. The first-order chi connectivity index (χ1) is 13.7. The highest BCUT2D eigenvalue weighted by atomic mass is 32.2. The van der Waals surface area contributed by atoms with E-state index in [-0.39, 0.29) is 12.7 Å². The number of ether oxygens (including phenoxy) is 2. The summed E-state index contributed by atoms with van der Waals surface area (Å²) in [6, 6.07) is 15.3. The molecule has 3 aromatic rings. The van der Waals surface area contributed by atoms with Gasteiger partial charge in [-0.25, -0.2) is 0 Å². The monoisotopic (exact) mass is 394 g/mol. The zero-order valence-corrected chi connectivity index (χ0v) is 16.0. The molecular weight excluding hydrogens is 376 g/mol. The minimum atomic E-state index is -0.618. The Labute approximate surface area is 166 Å². The van der Waals surface area contributed by atoms with Crippen LogP contribution in [0.2, 0.25) is 0 Å². The Balaban J connectivity index is 1.38. The van der Waals surface area contributed by atoms with Crippen LogP contribution in [0.25, 0.3) is 11.3 Å². The number of nitrogens with one attached hydrogen (secondary N) is 1. The molecule has 0 atom stereocenters. The van der Waals surface area contributed by atoms with E-state index in [0.717, 1.165) is 29.0 Å². The SMILES string of the molecule is CSc1cccc(NC(=O)C2(c3cc(-c4ccc5c(c4)OCO5)on3)CC2)c1. The van der Waals surface area contributed by atoms with Gasteiger partial charge in [0.2, 0.25) is 12.7 Å². The lowest BCUT2D eigenvalue weighted by Gasteiger charge is -2.13. The van der Waals surface area contributed by atoms with Crippen molar-refractivity contribution >= 4 is 23.4 Å². The van der Waals surface area contributed by atoms with Gasteiger partial charge in [0.05, 0.1) is 11.1 Å². The van der Waals surface area contributed by atoms with Crippen molar-refractivity contribution in [1.29, 1.82) is 0 Å². The number of rotatable bonds is 5. The van der Waals surface area contributed by atoms with E-state index in [0.29, 0.717) is 23.0 Å². The number of nitrogens with zero attached hydrogens (tertiary/aromatic N) is 1. The van der Waals surface area contributed by atoms with E-state index >= 15 is 0 Å². The summed E-state index contributed by atoms with van der Waals surface area (Å²) < 4.78 is 16.3. The van der Waals surface area contributed by atoms with Crippen LogP contribution >= 0.6 is 11.8 Å². The van der Waals surface area contributed by atoms with E-state index in [9.17, 15) is 4.79 Å². The zero-order chi connectivity index (χ0) is 19.1. The Morgan fingerprint density at radius 1 is 1.11 bits per heavy atom. The van der Waals surface area contributed by atoms with Crippen molar-refractivity contribution in [3.05, 3.63) is 54.2 Å². The third kappa shape index (κ3) is 2.92. The van der Waals surface area contributed by atoms with Crippen molar-refractivity contribution < 1.29 is 18.8 Å². The second-order valence-electron chi connectivity index (χ2n) is 6.91. The van der Waals surface area contributed by atoms with Crippen LogP contribution in [0.5, 0.6) is 11.5 Å². The van der Waals surface area contributed by atoms with Crippen molar-refractivity contribution in [2.75, 3.05) is 18.4 Å². The highest BCUT2D eigenvalue weighted by Crippen LogP contribution is 2.49. The first kappa shape index (κ1) is 17.2. The fourth-order valence-electron chi connectivity index (χ4n) is 3.36. The molecule has 2 aromatic carbocycles. The lowest BCUT2D eigenvalue weighted by Crippen LogP contribution is -2.28. The second-order valence-corrected chi connectivity index (χ2v) is 7.79. The number of aromatic nitrogens is 1. The largest absolute Gasteiger partial charge is 0.454 e. The Morgan fingerprint density at radius 3 is 2.79 bits per heavy atom. The topological polar surface area (TPSA) is 73.6 Å². The van der Waals surface area contributed by atoms with Crippen LogP contribution in [0.1, 0.15) is 18.5 Å². The van der Waals surface area contributed by atoms with Crippen LogP contribution in [0.4, 0.5) is 5.69 Å². The van der Waals surface area contributed by atoms with Crippen molar-refractivity contribution in [1.82, 2.24) is 5.16 Å². The number of fused-ring (bicyclic) bond motifs is 1. The van der Waals surface area contributed by atoms with Gasteiger partial charge in [0.15, 0.2) is 17.3 Å². The molecule has 0 radical (unpaired) electrons. The predicted molar refractivity (Wildman–Crippen MR) is 106 cm³/mol. The molecule has 1 aliphatic carbocycles. The number of thioether (sulfide) groups is 1. The molecule has 142 valence electrons. The van der Waals surface area contributed by atoms with Gasteiger partial charge in [-0.15, -0.1) is 11.8 Å². The molecule has 0 unspecified atom stereocenters. The van der Waals surface area contributed by atoms with Crippen LogP contribution in [0.3, 0.4) is 0 Å². The number of hydrogen-bond donors (Lipinski definition) is 1. The van der Waals surface area contributed by atoms with Crippen LogP contribution in [-0.2, 0) is 10.2 Å². The Morgan fingerprint density at radius 2 is 1.96 bits per heavy atom. The summed E-state index contributed by atoms with van der Waals surface area (Å²) in [6.07, 6.45) is 3.53. The molecule has 28 heavy (non-hydrogen) atoms. The minimum Gasteiger partial charge on any atom is -0.454 e. The number of carbonyl (C=O) groups excluding carboxylic acids is 1. The first-order valence-electron chi connectivity index (χ1n) is 9.01. The number of carbonyl (C=O) groups is 1. The van der Waals surface area contributed by atoms with E-state index in [4.69, 9.17) is 14.0 Å². The average molecular weight is 394 g/mol. The van der Waals surface area contributed by atoms with Gasteiger partial charge in [-0.3, -0.25) is 4.79 Å². The van der Waals surface area contributed by atoms with Gasteiger partial charge in [0.1, 0.15) is 0 Å². The summed E-state index contributed by atoms with van der Waals surface area (Å²) >= 11 is 1.64. The normalized spacial score (nSPS) is 16.0. The summed E-state index contributed by atoms with van der Waals surface area (Å²) in [6.45, 7) is 0.224. The zero-order valence-electron chi connectivity index (χ0n) is 15.2. The van der Waals surface area contributed by atoms with Crippen LogP contribution in [-0.4, -0.2) is 24.1 Å². The Hall–Kier alpha value is -2.93. The van der Waals surface area contributed by atoms with Gasteiger partial charge in [-0.05, 0) is 55.5 Å². The maximum Gasteiger partial charge on any atom is 0.236 e. The summed E-state index contributed by atoms with van der Waals surface area (Å²) in [7, 11) is 0. The fourth-order valence-corrected chi connectivity index (χ4v) is 3.82. The molecule has 2 heterocycles. The van der Waals surface area contributed by atoms with Crippen molar-refractivity contribution in [3.63, 3.8) is 0 Å². The van der Waals surface area contributed by atoms with E-state index in [2.05, 4.69) is 10.5 Å². The highest BCUT2D eigenvalue weighted by molar-refractivity contribution is 7.98. The van der Waals surface area contributed by atoms with Gasteiger partial charge in [0, 0.05) is 22.2 Å². The first-order valence-corrected chi connectivity index (χ1v) is 10.2. The van der Waals surface area contributed by atoms with Crippen LogP contribution in [0.15, 0.2) is 57.9 Å². The van der Waals surface area contributed by atoms with E-state index in [1.54, 1.807) is 11.8 Å². The maximum absolute atomic E-state index is 13.0. The lowest BCUT2D eigenvalue weighted by molar-refractivity contribution is -0.118. The highest BCUT2D eigenvalue weighted by Gasteiger charge is 2.53. The average Bonchev–Trinajstić information content (AvgIpc) is 3.15. The minimum absolute atomic E-state index is 0.0451. The van der Waals surface area contributed by atoms with Gasteiger partial charge in [-0.1, -0.05) is 11.2 Å². The number of amides is 1. The third-order valence-corrected chi connectivity index (χ3v) is 5.90. The molecule has 1 saturated carbocycles. The van der Waals surface area contributed by atoms with Crippen molar-refractivity contribution in [3.8, 4) is 22.8 Å². The summed E-state index contributed by atoms with van der Waals surface area (Å²) in [5.74, 6) is 1.96. The molecule has 0 saturated heterocycles. The Kier molecular flexibility index (Phi) is 4.05. The van der Waals surface area contributed by atoms with Crippen molar-refractivity contribution in [2.24, 2.45) is 0 Å². The maximum atomic E-state index is 13.0. The molecule has 6 nitrogen and oxygen atoms in total. The Bertz CT molecular complexity index is 1060. The predicted octanol–water partition coefficient (Wildman–Crippen LogP) is 4.46. The third-order valence-electron chi connectivity index (χ3n) is 5.17. The summed E-state index contributed by atoms with van der Waals surface area (Å²) in [5, 5.41) is 7.24. The molecule has 1 aromatic heterocycles. The molecular formula is C21H18N2O4S. The van der Waals surface area contributed by atoms with E-state index in [1.807, 2.05) is 54.8 Å². The molecule has 1 aliphatic heterocycles. The van der Waals surface area contributed by atoms with Crippen LogP contribution in [0, 0.1) is 0 Å². The standard InChI is InChI=1S/C21H18N2O4S/c1-28-15-4-2-3-14(10-15)22-20(24)21(7-8-21)19-11-17(27-23-19)13-5-6-16-18(9-13)26-12-25-16/h2-6,9-11H,7-8,12H2,1H3,(H,22,24). The number of hydrogen-bond acceptors (Lipinski definition) is 6. The summed E-state index contributed by atoms with van der Waals surface area (Å²) in [5.41, 5.74) is 1.68. The smallest absolute Gasteiger partial charge is 0.236 e. The van der Waals surface area contributed by atoms with Gasteiger partial charge >= 0.3 is 0 Å². The number of benzene rings is 2. The molecule has 1 fully saturated rings. The van der Waals surface area contributed by atoms with Crippen LogP contribution < -0.4 is 14.8 Å². The molecule has 0 spiro atoms. The van der Waals surface area contributed by atoms with Gasteiger partial charge < -0.3 is 19.3 Å². The molecule has 1 amide bonds. The molecule has 2 aliphatic rings. The number of anilines is 1. The van der Waals surface area contributed by atoms with E-state index in [1.165, 1.54) is 0 Å². The summed E-state index contributed by atoms with van der Waals surface area (Å²) in [4.78, 5) is 14.1. The molecule has 7 heteroatoms.